The quantitative estimate of drug-likeness (QED) is 0.419. The summed E-state index contributed by atoms with van der Waals surface area (Å²) in [5, 5.41) is 2.39. The van der Waals surface area contributed by atoms with Crippen molar-refractivity contribution in [1.82, 2.24) is 0 Å². The second-order valence-corrected chi connectivity index (χ2v) is 7.82. The van der Waals surface area contributed by atoms with Gasteiger partial charge < -0.3 is 0 Å². The Morgan fingerprint density at radius 3 is 2.12 bits per heavy atom. The van der Waals surface area contributed by atoms with Gasteiger partial charge in [0.05, 0.1) is 0 Å². The molecule has 0 aliphatic heterocycles. The molecule has 2 heteroatoms. The Kier molecular flexibility index (Phi) is 6.41. The molecule has 0 radical (unpaired) electrons. The van der Waals surface area contributed by atoms with Crippen molar-refractivity contribution in [2.24, 2.45) is 0 Å². The van der Waals surface area contributed by atoms with Gasteiger partial charge in [-0.1, -0.05) is 0 Å². The average molecular weight is 379 g/mol. The van der Waals surface area contributed by atoms with Crippen LogP contribution in [-0.4, -0.2) is 15.0 Å². The van der Waals surface area contributed by atoms with Gasteiger partial charge in [-0.05, 0) is 0 Å². The molecule has 0 amide bonds. The van der Waals surface area contributed by atoms with Crippen LogP contribution < -0.4 is 4.57 Å². The minimum absolute atomic E-state index is 0.412. The Morgan fingerprint density at radius 1 is 0.792 bits per heavy atom. The molecular formula is C22H22NSe+. The fourth-order valence-electron chi connectivity index (χ4n) is 2.53. The molecule has 1 nitrogen and oxygen atoms in total. The molecule has 0 saturated carbocycles. The first-order valence-electron chi connectivity index (χ1n) is 8.22. The molecule has 1 atom stereocenters. The molecule has 1 heterocycles. The van der Waals surface area contributed by atoms with Crippen LogP contribution in [0.2, 0.25) is 5.32 Å². The van der Waals surface area contributed by atoms with E-state index in [4.69, 9.17) is 0 Å². The molecule has 1 aromatic heterocycles. The van der Waals surface area contributed by atoms with Crippen molar-refractivity contribution >= 4 is 21.0 Å². The summed E-state index contributed by atoms with van der Waals surface area (Å²) in [7, 11) is 0. The number of hydrogen-bond donors (Lipinski definition) is 0. The van der Waals surface area contributed by atoms with Gasteiger partial charge in [-0.25, -0.2) is 0 Å². The second-order valence-electron chi connectivity index (χ2n) is 5.66. The molecule has 0 saturated heterocycles. The molecule has 0 N–H and O–H groups in total. The van der Waals surface area contributed by atoms with Gasteiger partial charge in [0, 0.05) is 0 Å². The van der Waals surface area contributed by atoms with E-state index in [1.54, 1.807) is 0 Å². The van der Waals surface area contributed by atoms with Gasteiger partial charge in [-0.3, -0.25) is 0 Å². The van der Waals surface area contributed by atoms with Crippen LogP contribution in [0.4, 0.5) is 0 Å². The van der Waals surface area contributed by atoms with Crippen LogP contribution in [-0.2, 0) is 5.32 Å². The Balaban J connectivity index is 1.67. The molecule has 0 bridgehead atoms. The third-order valence-electron chi connectivity index (χ3n) is 3.83. The first-order chi connectivity index (χ1) is 11.9. The van der Waals surface area contributed by atoms with Gasteiger partial charge in [0.15, 0.2) is 0 Å². The number of benzene rings is 2. The molecule has 120 valence electrons. The zero-order valence-corrected chi connectivity index (χ0v) is 15.4. The van der Waals surface area contributed by atoms with Gasteiger partial charge in [-0.15, -0.1) is 0 Å². The van der Waals surface area contributed by atoms with Crippen molar-refractivity contribution in [2.45, 2.75) is 16.7 Å². The van der Waals surface area contributed by atoms with Crippen molar-refractivity contribution in [3.63, 3.8) is 0 Å². The summed E-state index contributed by atoms with van der Waals surface area (Å²) >= 11 is 0.579. The first-order valence-corrected chi connectivity index (χ1v) is 10.6. The standard InChI is InChI=1S/C22H22NSe/c1-4-10-20(11-5-1)14-15-22(23-16-8-3-9-17-23)19-24-18-21-12-6-2-7-13-21/h1-17,22H,18-19H2/q+1/b15-14+. The molecule has 0 aliphatic carbocycles. The molecule has 3 rings (SSSR count). The molecule has 0 aliphatic rings. The van der Waals surface area contributed by atoms with Gasteiger partial charge in [0.1, 0.15) is 0 Å². The summed E-state index contributed by atoms with van der Waals surface area (Å²) in [5.74, 6) is 0. The predicted octanol–water partition coefficient (Wildman–Crippen LogP) is 4.55. The maximum absolute atomic E-state index is 2.34. The van der Waals surface area contributed by atoms with E-state index in [1.165, 1.54) is 21.8 Å². The number of nitrogens with zero attached hydrogens (tertiary/aromatic N) is 1. The van der Waals surface area contributed by atoms with E-state index in [9.17, 15) is 0 Å². The fraction of sp³-hybridized carbons (Fsp3) is 0.136. The van der Waals surface area contributed by atoms with E-state index in [-0.39, 0.29) is 0 Å². The summed E-state index contributed by atoms with van der Waals surface area (Å²) < 4.78 is 2.31. The van der Waals surface area contributed by atoms with E-state index in [0.29, 0.717) is 21.0 Å². The summed E-state index contributed by atoms with van der Waals surface area (Å²) in [4.78, 5) is 0. The maximum atomic E-state index is 2.34. The van der Waals surface area contributed by atoms with E-state index in [2.05, 4.69) is 108 Å². The third kappa shape index (κ3) is 5.19. The minimum atomic E-state index is 0.412. The molecule has 24 heavy (non-hydrogen) atoms. The molecule has 0 fully saturated rings. The van der Waals surface area contributed by atoms with Crippen LogP contribution in [0.1, 0.15) is 17.2 Å². The molecule has 0 spiro atoms. The first kappa shape index (κ1) is 16.7. The van der Waals surface area contributed by atoms with Gasteiger partial charge in [0.2, 0.25) is 0 Å². The van der Waals surface area contributed by atoms with Crippen LogP contribution in [0.25, 0.3) is 6.08 Å². The van der Waals surface area contributed by atoms with Crippen LogP contribution in [0, 0.1) is 0 Å². The van der Waals surface area contributed by atoms with Crippen molar-refractivity contribution in [3.05, 3.63) is 108 Å². The van der Waals surface area contributed by atoms with E-state index in [1.807, 2.05) is 0 Å². The zero-order valence-electron chi connectivity index (χ0n) is 13.7. The molecule has 2 aromatic carbocycles. The van der Waals surface area contributed by atoms with Gasteiger partial charge >= 0.3 is 151 Å². The molecule has 3 aromatic rings. The van der Waals surface area contributed by atoms with Crippen LogP contribution in [0.3, 0.4) is 0 Å². The normalized spacial score (nSPS) is 12.3. The number of pyridine rings is 1. The van der Waals surface area contributed by atoms with E-state index >= 15 is 0 Å². The zero-order chi connectivity index (χ0) is 16.5. The van der Waals surface area contributed by atoms with Crippen molar-refractivity contribution in [1.29, 1.82) is 0 Å². The molecule has 1 unspecified atom stereocenters. The Morgan fingerprint density at radius 2 is 1.42 bits per heavy atom. The second kappa shape index (κ2) is 9.22. The predicted molar refractivity (Wildman–Crippen MR) is 102 cm³/mol. The fourth-order valence-corrected chi connectivity index (χ4v) is 4.78. The van der Waals surface area contributed by atoms with Crippen LogP contribution in [0.5, 0.6) is 0 Å². The van der Waals surface area contributed by atoms with E-state index < -0.39 is 0 Å². The topological polar surface area (TPSA) is 3.88 Å². The third-order valence-corrected chi connectivity index (χ3v) is 6.17. The number of hydrogen-bond acceptors (Lipinski definition) is 0. The van der Waals surface area contributed by atoms with Crippen molar-refractivity contribution < 1.29 is 4.57 Å². The Bertz CT molecular complexity index is 739. The molecular weight excluding hydrogens is 357 g/mol. The van der Waals surface area contributed by atoms with Crippen LogP contribution in [0.15, 0.2) is 97.3 Å². The number of allylic oxidation sites excluding steroid dienone is 1. The summed E-state index contributed by atoms with van der Waals surface area (Å²) in [5.41, 5.74) is 2.70. The van der Waals surface area contributed by atoms with Gasteiger partial charge in [-0.2, -0.15) is 0 Å². The van der Waals surface area contributed by atoms with Crippen molar-refractivity contribution in [2.75, 3.05) is 0 Å². The average Bonchev–Trinajstić information content (AvgIpc) is 2.67. The summed E-state index contributed by atoms with van der Waals surface area (Å²) in [6.07, 6.45) is 8.91. The number of aromatic nitrogens is 1. The monoisotopic (exact) mass is 380 g/mol. The van der Waals surface area contributed by atoms with Crippen molar-refractivity contribution in [3.8, 4) is 0 Å². The van der Waals surface area contributed by atoms with E-state index in [0.717, 1.165) is 0 Å². The number of rotatable bonds is 7. The summed E-state index contributed by atoms with van der Waals surface area (Å²) in [6, 6.07) is 28.0. The van der Waals surface area contributed by atoms with Gasteiger partial charge in [0.25, 0.3) is 0 Å². The SMILES string of the molecule is C(=C\C(C[Se]Cc1ccccc1)[n+]1ccccc1)/c1ccccc1. The Labute approximate surface area is 150 Å². The van der Waals surface area contributed by atoms with Crippen LogP contribution >= 0.6 is 0 Å². The summed E-state index contributed by atoms with van der Waals surface area (Å²) in [6.45, 7) is 0. The Hall–Kier alpha value is -2.15.